The SMILES string of the molecule is CCCOc1nc(N)nc(N(CCOC)C(C)COC)n1. The van der Waals surface area contributed by atoms with Gasteiger partial charge in [0.1, 0.15) is 0 Å². The van der Waals surface area contributed by atoms with Gasteiger partial charge in [-0.2, -0.15) is 15.0 Å². The predicted molar refractivity (Wildman–Crippen MR) is 80.6 cm³/mol. The smallest absolute Gasteiger partial charge is 0.323 e. The van der Waals surface area contributed by atoms with E-state index in [0.29, 0.717) is 32.3 Å². The molecule has 0 aromatic carbocycles. The van der Waals surface area contributed by atoms with Crippen LogP contribution in [0.1, 0.15) is 20.3 Å². The third-order valence-electron chi connectivity index (χ3n) is 2.79. The van der Waals surface area contributed by atoms with Crippen molar-refractivity contribution in [1.82, 2.24) is 15.0 Å². The molecule has 1 rings (SSSR count). The molecular formula is C13H25N5O3. The first-order valence-electron chi connectivity index (χ1n) is 7.01. The molecule has 0 saturated heterocycles. The van der Waals surface area contributed by atoms with Crippen molar-refractivity contribution in [3.63, 3.8) is 0 Å². The van der Waals surface area contributed by atoms with Gasteiger partial charge in [-0.3, -0.25) is 0 Å². The van der Waals surface area contributed by atoms with Gasteiger partial charge in [0.05, 0.1) is 25.9 Å². The first-order valence-corrected chi connectivity index (χ1v) is 7.01. The summed E-state index contributed by atoms with van der Waals surface area (Å²) in [6.07, 6.45) is 0.869. The molecule has 0 aliphatic carbocycles. The Kier molecular flexibility index (Phi) is 7.70. The summed E-state index contributed by atoms with van der Waals surface area (Å²) in [6.45, 7) is 6.28. The third kappa shape index (κ3) is 5.68. The van der Waals surface area contributed by atoms with E-state index >= 15 is 0 Å². The van der Waals surface area contributed by atoms with Gasteiger partial charge in [0.15, 0.2) is 0 Å². The Bertz CT molecular complexity index is 419. The number of hydrogen-bond donors (Lipinski definition) is 1. The lowest BCUT2D eigenvalue weighted by molar-refractivity contribution is 0.170. The molecule has 0 spiro atoms. The first kappa shape index (κ1) is 17.4. The fourth-order valence-corrected chi connectivity index (χ4v) is 1.79. The first-order chi connectivity index (χ1) is 10.1. The highest BCUT2D eigenvalue weighted by molar-refractivity contribution is 5.37. The van der Waals surface area contributed by atoms with Crippen molar-refractivity contribution in [2.45, 2.75) is 26.3 Å². The van der Waals surface area contributed by atoms with E-state index in [2.05, 4.69) is 15.0 Å². The van der Waals surface area contributed by atoms with Crippen LogP contribution in [0.2, 0.25) is 0 Å². The molecule has 0 amide bonds. The maximum Gasteiger partial charge on any atom is 0.323 e. The molecule has 2 N–H and O–H groups in total. The Morgan fingerprint density at radius 1 is 1.14 bits per heavy atom. The molecule has 120 valence electrons. The maximum absolute atomic E-state index is 5.74. The van der Waals surface area contributed by atoms with E-state index in [1.54, 1.807) is 14.2 Å². The normalized spacial score (nSPS) is 12.2. The summed E-state index contributed by atoms with van der Waals surface area (Å²) >= 11 is 0. The Hall–Kier alpha value is -1.67. The van der Waals surface area contributed by atoms with E-state index in [4.69, 9.17) is 19.9 Å². The van der Waals surface area contributed by atoms with Gasteiger partial charge in [0.25, 0.3) is 0 Å². The monoisotopic (exact) mass is 299 g/mol. The molecule has 0 radical (unpaired) electrons. The second-order valence-corrected chi connectivity index (χ2v) is 4.62. The van der Waals surface area contributed by atoms with Crippen LogP contribution in [-0.2, 0) is 9.47 Å². The Morgan fingerprint density at radius 2 is 1.90 bits per heavy atom. The number of nitrogen functional groups attached to an aromatic ring is 1. The lowest BCUT2D eigenvalue weighted by Crippen LogP contribution is -2.40. The van der Waals surface area contributed by atoms with E-state index in [0.717, 1.165) is 6.42 Å². The zero-order valence-electron chi connectivity index (χ0n) is 13.2. The molecule has 0 fully saturated rings. The quantitative estimate of drug-likeness (QED) is 0.675. The fourth-order valence-electron chi connectivity index (χ4n) is 1.79. The number of methoxy groups -OCH3 is 2. The molecular weight excluding hydrogens is 274 g/mol. The summed E-state index contributed by atoms with van der Waals surface area (Å²) in [5, 5.41) is 0. The number of aromatic nitrogens is 3. The van der Waals surface area contributed by atoms with Gasteiger partial charge in [-0.25, -0.2) is 0 Å². The van der Waals surface area contributed by atoms with Crippen molar-refractivity contribution >= 4 is 11.9 Å². The second kappa shape index (κ2) is 9.30. The van der Waals surface area contributed by atoms with Crippen molar-refractivity contribution in [2.24, 2.45) is 0 Å². The van der Waals surface area contributed by atoms with Crippen LogP contribution in [0.4, 0.5) is 11.9 Å². The van der Waals surface area contributed by atoms with Crippen molar-refractivity contribution < 1.29 is 14.2 Å². The van der Waals surface area contributed by atoms with Gasteiger partial charge in [-0.1, -0.05) is 6.92 Å². The Labute approximate surface area is 125 Å². The van der Waals surface area contributed by atoms with Crippen LogP contribution < -0.4 is 15.4 Å². The van der Waals surface area contributed by atoms with Crippen LogP contribution in [0, 0.1) is 0 Å². The highest BCUT2D eigenvalue weighted by atomic mass is 16.5. The summed E-state index contributed by atoms with van der Waals surface area (Å²) in [5.41, 5.74) is 5.74. The molecule has 8 nitrogen and oxygen atoms in total. The fraction of sp³-hybridized carbons (Fsp3) is 0.769. The van der Waals surface area contributed by atoms with Gasteiger partial charge in [0, 0.05) is 20.8 Å². The molecule has 1 aromatic rings. The van der Waals surface area contributed by atoms with Gasteiger partial charge in [0.2, 0.25) is 11.9 Å². The van der Waals surface area contributed by atoms with Gasteiger partial charge < -0.3 is 24.8 Å². The highest BCUT2D eigenvalue weighted by Crippen LogP contribution is 2.16. The zero-order valence-corrected chi connectivity index (χ0v) is 13.2. The van der Waals surface area contributed by atoms with Crippen LogP contribution in [0.15, 0.2) is 0 Å². The maximum atomic E-state index is 5.74. The van der Waals surface area contributed by atoms with Crippen molar-refractivity contribution in [1.29, 1.82) is 0 Å². The molecule has 0 aliphatic rings. The Balaban J connectivity index is 2.96. The highest BCUT2D eigenvalue weighted by Gasteiger charge is 2.19. The van der Waals surface area contributed by atoms with Crippen LogP contribution in [0.5, 0.6) is 6.01 Å². The van der Waals surface area contributed by atoms with E-state index in [1.807, 2.05) is 18.7 Å². The third-order valence-corrected chi connectivity index (χ3v) is 2.79. The molecule has 1 aromatic heterocycles. The minimum Gasteiger partial charge on any atom is -0.463 e. The molecule has 1 atom stereocenters. The average molecular weight is 299 g/mol. The molecule has 1 heterocycles. The number of anilines is 2. The summed E-state index contributed by atoms with van der Waals surface area (Å²) < 4.78 is 15.8. The van der Waals surface area contributed by atoms with Crippen molar-refractivity contribution in [3.05, 3.63) is 0 Å². The standard InChI is InChI=1S/C13H25N5O3/c1-5-7-21-13-16-11(14)15-12(17-13)18(6-8-19-3)10(2)9-20-4/h10H,5-9H2,1-4H3,(H2,14,15,16,17). The summed E-state index contributed by atoms with van der Waals surface area (Å²) in [6, 6.07) is 0.317. The summed E-state index contributed by atoms with van der Waals surface area (Å²) in [5.74, 6) is 0.605. The number of nitrogens with two attached hydrogens (primary N) is 1. The molecule has 21 heavy (non-hydrogen) atoms. The molecule has 0 aliphatic heterocycles. The van der Waals surface area contributed by atoms with Gasteiger partial charge in [-0.05, 0) is 13.3 Å². The molecule has 0 saturated carbocycles. The Morgan fingerprint density at radius 3 is 2.52 bits per heavy atom. The lowest BCUT2D eigenvalue weighted by atomic mass is 10.3. The van der Waals surface area contributed by atoms with E-state index in [-0.39, 0.29) is 18.0 Å². The topological polar surface area (TPSA) is 95.6 Å². The van der Waals surface area contributed by atoms with Crippen LogP contribution >= 0.6 is 0 Å². The number of hydrogen-bond acceptors (Lipinski definition) is 8. The van der Waals surface area contributed by atoms with Crippen LogP contribution in [0.3, 0.4) is 0 Å². The largest absolute Gasteiger partial charge is 0.463 e. The van der Waals surface area contributed by atoms with Gasteiger partial charge in [-0.15, -0.1) is 0 Å². The minimum atomic E-state index is 0.0750. The average Bonchev–Trinajstić information content (AvgIpc) is 2.45. The number of rotatable bonds is 10. The number of nitrogens with zero attached hydrogens (tertiary/aromatic N) is 4. The summed E-state index contributed by atoms with van der Waals surface area (Å²) in [4.78, 5) is 14.5. The summed E-state index contributed by atoms with van der Waals surface area (Å²) in [7, 11) is 3.30. The van der Waals surface area contributed by atoms with Crippen molar-refractivity contribution in [2.75, 3.05) is 51.2 Å². The van der Waals surface area contributed by atoms with E-state index in [9.17, 15) is 0 Å². The van der Waals surface area contributed by atoms with E-state index < -0.39 is 0 Å². The lowest BCUT2D eigenvalue weighted by Gasteiger charge is -2.28. The molecule has 8 heteroatoms. The van der Waals surface area contributed by atoms with Crippen molar-refractivity contribution in [3.8, 4) is 6.01 Å². The molecule has 1 unspecified atom stereocenters. The van der Waals surface area contributed by atoms with Gasteiger partial charge >= 0.3 is 6.01 Å². The zero-order chi connectivity index (χ0) is 15.7. The minimum absolute atomic E-state index is 0.0750. The second-order valence-electron chi connectivity index (χ2n) is 4.62. The molecule has 0 bridgehead atoms. The number of ether oxygens (including phenoxy) is 3. The van der Waals surface area contributed by atoms with Crippen LogP contribution in [0.25, 0.3) is 0 Å². The van der Waals surface area contributed by atoms with E-state index in [1.165, 1.54) is 0 Å². The predicted octanol–water partition coefficient (Wildman–Crippen LogP) is 0.730. The van der Waals surface area contributed by atoms with Crippen LogP contribution in [-0.4, -0.2) is 61.6 Å².